The minimum absolute atomic E-state index is 0.0882. The normalized spacial score (nSPS) is 14.5. The molecular formula is C18H17ClN2O2. The number of hydrogen-bond acceptors (Lipinski definition) is 2. The van der Waals surface area contributed by atoms with E-state index >= 15 is 0 Å². The van der Waals surface area contributed by atoms with Gasteiger partial charge in [0.2, 0.25) is 5.91 Å². The lowest BCUT2D eigenvalue weighted by atomic mass is 10.1. The average molecular weight is 329 g/mol. The second-order valence-corrected chi connectivity index (χ2v) is 6.05. The van der Waals surface area contributed by atoms with Gasteiger partial charge in [0, 0.05) is 23.7 Å². The molecule has 0 unspecified atom stereocenters. The van der Waals surface area contributed by atoms with Gasteiger partial charge in [0.05, 0.1) is 0 Å². The Morgan fingerprint density at radius 3 is 2.61 bits per heavy atom. The number of nitrogens with one attached hydrogen (secondary N) is 1. The molecule has 118 valence electrons. The maximum absolute atomic E-state index is 12.4. The predicted octanol–water partition coefficient (Wildman–Crippen LogP) is 3.00. The van der Waals surface area contributed by atoms with Crippen LogP contribution < -0.4 is 5.32 Å². The van der Waals surface area contributed by atoms with E-state index in [0.29, 0.717) is 23.7 Å². The summed E-state index contributed by atoms with van der Waals surface area (Å²) in [6, 6.07) is 14.3. The summed E-state index contributed by atoms with van der Waals surface area (Å²) >= 11 is 5.84. The molecule has 1 heterocycles. The largest absolute Gasteiger partial charge is 0.350 e. The van der Waals surface area contributed by atoms with E-state index in [1.807, 2.05) is 30.3 Å². The monoisotopic (exact) mass is 328 g/mol. The van der Waals surface area contributed by atoms with E-state index in [1.54, 1.807) is 30.0 Å². The van der Waals surface area contributed by atoms with Crippen molar-refractivity contribution < 1.29 is 9.59 Å². The quantitative estimate of drug-likeness (QED) is 0.938. The van der Waals surface area contributed by atoms with Crippen molar-refractivity contribution in [1.29, 1.82) is 0 Å². The summed E-state index contributed by atoms with van der Waals surface area (Å²) in [5.74, 6) is -0.254. The van der Waals surface area contributed by atoms with Crippen molar-refractivity contribution in [2.75, 3.05) is 0 Å². The van der Waals surface area contributed by atoms with Crippen LogP contribution in [-0.4, -0.2) is 22.8 Å². The van der Waals surface area contributed by atoms with Crippen LogP contribution in [0.1, 0.15) is 28.4 Å². The highest BCUT2D eigenvalue weighted by molar-refractivity contribution is 6.30. The molecule has 1 atom stereocenters. The second kappa shape index (κ2) is 6.42. The smallest absolute Gasteiger partial charge is 0.255 e. The van der Waals surface area contributed by atoms with Crippen molar-refractivity contribution >= 4 is 23.4 Å². The van der Waals surface area contributed by atoms with E-state index in [0.717, 1.165) is 11.1 Å². The zero-order chi connectivity index (χ0) is 16.4. The lowest BCUT2D eigenvalue weighted by molar-refractivity contribution is -0.125. The average Bonchev–Trinajstić information content (AvgIpc) is 2.90. The maximum atomic E-state index is 12.4. The molecule has 0 radical (unpaired) electrons. The zero-order valence-corrected chi connectivity index (χ0v) is 13.5. The summed E-state index contributed by atoms with van der Waals surface area (Å²) in [6.45, 7) is 2.64. The molecule has 0 fully saturated rings. The molecule has 0 saturated heterocycles. The SMILES string of the molecule is C[C@@H](C(=O)NCc1ccc(Cl)cc1)N1Cc2ccccc2C1=O. The molecule has 1 aliphatic rings. The molecule has 0 bridgehead atoms. The fourth-order valence-electron chi connectivity index (χ4n) is 2.67. The molecule has 23 heavy (non-hydrogen) atoms. The molecule has 5 heteroatoms. The number of benzene rings is 2. The number of halogens is 1. The van der Waals surface area contributed by atoms with Crippen LogP contribution in [-0.2, 0) is 17.9 Å². The van der Waals surface area contributed by atoms with Gasteiger partial charge in [-0.3, -0.25) is 9.59 Å². The highest BCUT2D eigenvalue weighted by Gasteiger charge is 2.33. The van der Waals surface area contributed by atoms with Gasteiger partial charge in [0.15, 0.2) is 0 Å². The summed E-state index contributed by atoms with van der Waals surface area (Å²) in [6.07, 6.45) is 0. The number of amides is 2. The predicted molar refractivity (Wildman–Crippen MR) is 89.1 cm³/mol. The lowest BCUT2D eigenvalue weighted by Crippen LogP contribution is -2.45. The van der Waals surface area contributed by atoms with Gasteiger partial charge in [-0.25, -0.2) is 0 Å². The first-order valence-electron chi connectivity index (χ1n) is 7.47. The molecule has 3 rings (SSSR count). The van der Waals surface area contributed by atoms with Gasteiger partial charge in [0.25, 0.3) is 5.91 Å². The molecule has 2 aromatic rings. The molecule has 2 aromatic carbocycles. The Balaban J connectivity index is 1.62. The van der Waals surface area contributed by atoms with E-state index < -0.39 is 6.04 Å². The fourth-order valence-corrected chi connectivity index (χ4v) is 2.80. The van der Waals surface area contributed by atoms with Crippen molar-refractivity contribution in [3.8, 4) is 0 Å². The molecule has 1 N–H and O–H groups in total. The van der Waals surface area contributed by atoms with Gasteiger partial charge in [-0.05, 0) is 36.2 Å². The third-order valence-corrected chi connectivity index (χ3v) is 4.33. The van der Waals surface area contributed by atoms with Crippen molar-refractivity contribution in [2.45, 2.75) is 26.1 Å². The standard InChI is InChI=1S/C18H17ClN2O2/c1-12(17(22)20-10-13-6-8-15(19)9-7-13)21-11-14-4-2-3-5-16(14)18(21)23/h2-9,12H,10-11H2,1H3,(H,20,22)/t12-/m0/s1. The number of carbonyl (C=O) groups excluding carboxylic acids is 2. The Kier molecular flexibility index (Phi) is 4.35. The van der Waals surface area contributed by atoms with Crippen LogP contribution in [0.5, 0.6) is 0 Å². The number of hydrogen-bond donors (Lipinski definition) is 1. The number of rotatable bonds is 4. The summed E-state index contributed by atoms with van der Waals surface area (Å²) in [5, 5.41) is 3.53. The van der Waals surface area contributed by atoms with E-state index in [1.165, 1.54) is 0 Å². The van der Waals surface area contributed by atoms with Crippen LogP contribution >= 0.6 is 11.6 Å². The molecule has 0 aromatic heterocycles. The summed E-state index contributed by atoms with van der Waals surface area (Å²) < 4.78 is 0. The van der Waals surface area contributed by atoms with Crippen LogP contribution in [0.15, 0.2) is 48.5 Å². The van der Waals surface area contributed by atoms with Crippen molar-refractivity contribution in [3.05, 3.63) is 70.2 Å². The fraction of sp³-hybridized carbons (Fsp3) is 0.222. The van der Waals surface area contributed by atoms with Crippen LogP contribution in [0, 0.1) is 0 Å². The Bertz CT molecular complexity index is 743. The Morgan fingerprint density at radius 2 is 1.91 bits per heavy atom. The first-order chi connectivity index (χ1) is 11.1. The lowest BCUT2D eigenvalue weighted by Gasteiger charge is -2.23. The molecule has 1 aliphatic heterocycles. The van der Waals surface area contributed by atoms with Gasteiger partial charge < -0.3 is 10.2 Å². The van der Waals surface area contributed by atoms with Gasteiger partial charge >= 0.3 is 0 Å². The first-order valence-corrected chi connectivity index (χ1v) is 7.85. The summed E-state index contributed by atoms with van der Waals surface area (Å²) in [4.78, 5) is 26.3. The van der Waals surface area contributed by atoms with Gasteiger partial charge in [-0.2, -0.15) is 0 Å². The highest BCUT2D eigenvalue weighted by atomic mass is 35.5. The Hall–Kier alpha value is -2.33. The Labute approximate surface area is 140 Å². The number of carbonyl (C=O) groups is 2. The topological polar surface area (TPSA) is 49.4 Å². The van der Waals surface area contributed by atoms with Crippen LogP contribution in [0.2, 0.25) is 5.02 Å². The van der Waals surface area contributed by atoms with Gasteiger partial charge in [-0.15, -0.1) is 0 Å². The van der Waals surface area contributed by atoms with E-state index in [9.17, 15) is 9.59 Å². The van der Waals surface area contributed by atoms with Crippen LogP contribution in [0.4, 0.5) is 0 Å². The van der Waals surface area contributed by atoms with E-state index in [4.69, 9.17) is 11.6 Å². The number of nitrogens with zero attached hydrogens (tertiary/aromatic N) is 1. The van der Waals surface area contributed by atoms with Crippen LogP contribution in [0.3, 0.4) is 0 Å². The van der Waals surface area contributed by atoms with Gasteiger partial charge in [-0.1, -0.05) is 41.9 Å². The van der Waals surface area contributed by atoms with Crippen LogP contribution in [0.25, 0.3) is 0 Å². The minimum atomic E-state index is -0.512. The Morgan fingerprint density at radius 1 is 1.22 bits per heavy atom. The van der Waals surface area contributed by atoms with Crippen molar-refractivity contribution in [3.63, 3.8) is 0 Å². The molecular weight excluding hydrogens is 312 g/mol. The van der Waals surface area contributed by atoms with Crippen molar-refractivity contribution in [2.24, 2.45) is 0 Å². The van der Waals surface area contributed by atoms with E-state index in [-0.39, 0.29) is 11.8 Å². The maximum Gasteiger partial charge on any atom is 0.255 e. The third-order valence-electron chi connectivity index (χ3n) is 4.08. The molecule has 4 nitrogen and oxygen atoms in total. The third kappa shape index (κ3) is 3.22. The first kappa shape index (κ1) is 15.6. The molecule has 0 spiro atoms. The minimum Gasteiger partial charge on any atom is -0.350 e. The molecule has 2 amide bonds. The number of fused-ring (bicyclic) bond motifs is 1. The summed E-state index contributed by atoms with van der Waals surface area (Å²) in [5.41, 5.74) is 2.62. The summed E-state index contributed by atoms with van der Waals surface area (Å²) in [7, 11) is 0. The highest BCUT2D eigenvalue weighted by Crippen LogP contribution is 2.24. The molecule has 0 aliphatic carbocycles. The molecule has 0 saturated carbocycles. The van der Waals surface area contributed by atoms with Gasteiger partial charge in [0.1, 0.15) is 6.04 Å². The second-order valence-electron chi connectivity index (χ2n) is 5.61. The van der Waals surface area contributed by atoms with E-state index in [2.05, 4.69) is 5.32 Å². The van der Waals surface area contributed by atoms with Crippen molar-refractivity contribution in [1.82, 2.24) is 10.2 Å². The zero-order valence-electron chi connectivity index (χ0n) is 12.8.